The predicted molar refractivity (Wildman–Crippen MR) is 64.4 cm³/mol. The molecule has 0 amide bonds. The standard InChI is InChI=1S/C10H19NO6S/c1-6(9(14)17-5)18(15,16)11-7(8(12)13)10(2,3)4/h6-7,11H,1-5H3,(H,12,13)/t6?,7-/m0/s1. The van der Waals surface area contributed by atoms with Crippen LogP contribution >= 0.6 is 0 Å². The van der Waals surface area contributed by atoms with Crippen molar-refractivity contribution < 1.29 is 27.9 Å². The van der Waals surface area contributed by atoms with E-state index in [1.54, 1.807) is 20.8 Å². The fourth-order valence-electron chi connectivity index (χ4n) is 1.16. The molecule has 0 aliphatic heterocycles. The first-order chi connectivity index (χ1) is 7.93. The van der Waals surface area contributed by atoms with Gasteiger partial charge < -0.3 is 9.84 Å². The number of nitrogens with one attached hydrogen (secondary N) is 1. The second-order valence-corrected chi connectivity index (χ2v) is 7.00. The van der Waals surface area contributed by atoms with Crippen molar-refractivity contribution >= 4 is 22.0 Å². The van der Waals surface area contributed by atoms with Crippen molar-refractivity contribution in [2.24, 2.45) is 5.41 Å². The Morgan fingerprint density at radius 2 is 1.72 bits per heavy atom. The summed E-state index contributed by atoms with van der Waals surface area (Å²) in [7, 11) is -3.04. The number of carboxylic acids is 1. The molecule has 0 aromatic rings. The molecule has 0 saturated heterocycles. The maximum absolute atomic E-state index is 11.8. The minimum absolute atomic E-state index is 0.825. The Hall–Kier alpha value is -1.15. The highest BCUT2D eigenvalue weighted by molar-refractivity contribution is 7.90. The normalized spacial score (nSPS) is 15.8. The van der Waals surface area contributed by atoms with E-state index in [2.05, 4.69) is 4.74 Å². The van der Waals surface area contributed by atoms with Gasteiger partial charge >= 0.3 is 11.9 Å². The number of rotatable bonds is 5. The van der Waals surface area contributed by atoms with Gasteiger partial charge in [-0.2, -0.15) is 4.72 Å². The molecular formula is C10H19NO6S. The van der Waals surface area contributed by atoms with Gasteiger partial charge in [-0.05, 0) is 12.3 Å². The molecule has 0 bridgehead atoms. The van der Waals surface area contributed by atoms with Gasteiger partial charge in [0.1, 0.15) is 6.04 Å². The molecule has 0 rings (SSSR count). The zero-order valence-corrected chi connectivity index (χ0v) is 11.9. The first-order valence-corrected chi connectivity index (χ1v) is 6.80. The van der Waals surface area contributed by atoms with Crippen molar-refractivity contribution in [2.45, 2.75) is 39.0 Å². The van der Waals surface area contributed by atoms with Gasteiger partial charge in [-0.15, -0.1) is 0 Å². The molecule has 8 heteroatoms. The largest absolute Gasteiger partial charge is 0.480 e. The number of hydrogen-bond donors (Lipinski definition) is 2. The molecule has 106 valence electrons. The van der Waals surface area contributed by atoms with Crippen LogP contribution in [0.4, 0.5) is 0 Å². The number of carboxylic acid groups (broad SMARTS) is 1. The number of carbonyl (C=O) groups is 2. The van der Waals surface area contributed by atoms with Crippen LogP contribution < -0.4 is 4.72 Å². The number of ether oxygens (including phenoxy) is 1. The van der Waals surface area contributed by atoms with Crippen LogP contribution in [0.1, 0.15) is 27.7 Å². The lowest BCUT2D eigenvalue weighted by Crippen LogP contribution is -2.52. The van der Waals surface area contributed by atoms with Gasteiger partial charge in [0.05, 0.1) is 7.11 Å². The molecule has 0 aliphatic carbocycles. The topological polar surface area (TPSA) is 110 Å². The Morgan fingerprint density at radius 3 is 2.00 bits per heavy atom. The van der Waals surface area contributed by atoms with Crippen LogP contribution in [0.5, 0.6) is 0 Å². The van der Waals surface area contributed by atoms with Gasteiger partial charge in [-0.25, -0.2) is 8.42 Å². The van der Waals surface area contributed by atoms with Crippen molar-refractivity contribution in [1.29, 1.82) is 0 Å². The Bertz CT molecular complexity index is 422. The van der Waals surface area contributed by atoms with E-state index < -0.39 is 38.7 Å². The molecule has 0 aliphatic rings. The van der Waals surface area contributed by atoms with Crippen molar-refractivity contribution in [3.8, 4) is 0 Å². The summed E-state index contributed by atoms with van der Waals surface area (Å²) in [6, 6.07) is -1.32. The van der Waals surface area contributed by atoms with Gasteiger partial charge in [0, 0.05) is 0 Å². The van der Waals surface area contributed by atoms with E-state index in [1.165, 1.54) is 0 Å². The summed E-state index contributed by atoms with van der Waals surface area (Å²) in [6.07, 6.45) is 0. The highest BCUT2D eigenvalue weighted by Crippen LogP contribution is 2.21. The highest BCUT2D eigenvalue weighted by Gasteiger charge is 2.38. The molecule has 2 atom stereocenters. The lowest BCUT2D eigenvalue weighted by molar-refractivity contribution is -0.142. The zero-order chi connectivity index (χ0) is 14.7. The average molecular weight is 281 g/mol. The van der Waals surface area contributed by atoms with Crippen LogP contribution in [0, 0.1) is 5.41 Å². The van der Waals surface area contributed by atoms with E-state index in [1.807, 2.05) is 4.72 Å². The summed E-state index contributed by atoms with van der Waals surface area (Å²) in [6.45, 7) is 5.88. The molecule has 0 saturated carbocycles. The van der Waals surface area contributed by atoms with Crippen LogP contribution in [-0.2, 0) is 24.3 Å². The first kappa shape index (κ1) is 16.9. The van der Waals surface area contributed by atoms with Crippen molar-refractivity contribution in [2.75, 3.05) is 7.11 Å². The van der Waals surface area contributed by atoms with Crippen molar-refractivity contribution in [1.82, 2.24) is 4.72 Å². The number of esters is 1. The number of methoxy groups -OCH3 is 1. The van der Waals surface area contributed by atoms with E-state index >= 15 is 0 Å². The van der Waals surface area contributed by atoms with Crippen LogP contribution in [-0.4, -0.2) is 43.9 Å². The summed E-state index contributed by atoms with van der Waals surface area (Å²) in [5.74, 6) is -2.25. The molecular weight excluding hydrogens is 262 g/mol. The van der Waals surface area contributed by atoms with Crippen LogP contribution in [0.3, 0.4) is 0 Å². The van der Waals surface area contributed by atoms with E-state index in [9.17, 15) is 18.0 Å². The Morgan fingerprint density at radius 1 is 1.28 bits per heavy atom. The van der Waals surface area contributed by atoms with Gasteiger partial charge in [-0.3, -0.25) is 9.59 Å². The van der Waals surface area contributed by atoms with E-state index in [0.717, 1.165) is 14.0 Å². The van der Waals surface area contributed by atoms with E-state index in [0.29, 0.717) is 0 Å². The summed E-state index contributed by atoms with van der Waals surface area (Å²) in [4.78, 5) is 22.2. The summed E-state index contributed by atoms with van der Waals surface area (Å²) in [5.41, 5.74) is -0.825. The maximum atomic E-state index is 11.8. The second-order valence-electron chi connectivity index (χ2n) is 4.97. The molecule has 0 aromatic carbocycles. The molecule has 0 fully saturated rings. The minimum Gasteiger partial charge on any atom is -0.480 e. The van der Waals surface area contributed by atoms with Gasteiger partial charge in [0.15, 0.2) is 5.25 Å². The van der Waals surface area contributed by atoms with Crippen LogP contribution in [0.2, 0.25) is 0 Å². The predicted octanol–water partition coefficient (Wildman–Crippen LogP) is -0.0334. The monoisotopic (exact) mass is 281 g/mol. The first-order valence-electron chi connectivity index (χ1n) is 5.25. The fourth-order valence-corrected chi connectivity index (χ4v) is 2.49. The molecule has 0 spiro atoms. The van der Waals surface area contributed by atoms with Crippen molar-refractivity contribution in [3.05, 3.63) is 0 Å². The molecule has 0 aromatic heterocycles. The van der Waals surface area contributed by atoms with Crippen molar-refractivity contribution in [3.63, 3.8) is 0 Å². The Labute approximate surface area is 107 Å². The quantitative estimate of drug-likeness (QED) is 0.685. The fraction of sp³-hybridized carbons (Fsp3) is 0.800. The minimum atomic E-state index is -4.10. The SMILES string of the molecule is COC(=O)C(C)S(=O)(=O)N[C@@H](C(=O)O)C(C)(C)C. The van der Waals surface area contributed by atoms with E-state index in [4.69, 9.17) is 5.11 Å². The maximum Gasteiger partial charge on any atom is 0.325 e. The van der Waals surface area contributed by atoms with Gasteiger partial charge in [0.2, 0.25) is 10.0 Å². The number of sulfonamides is 1. The second kappa shape index (κ2) is 5.66. The highest BCUT2D eigenvalue weighted by atomic mass is 32.2. The van der Waals surface area contributed by atoms with Gasteiger partial charge in [-0.1, -0.05) is 20.8 Å². The number of carbonyl (C=O) groups excluding carboxylic acids is 1. The molecule has 7 nitrogen and oxygen atoms in total. The van der Waals surface area contributed by atoms with E-state index in [-0.39, 0.29) is 0 Å². The lowest BCUT2D eigenvalue weighted by Gasteiger charge is -2.28. The molecule has 0 radical (unpaired) electrons. The smallest absolute Gasteiger partial charge is 0.325 e. The third-order valence-electron chi connectivity index (χ3n) is 2.39. The zero-order valence-electron chi connectivity index (χ0n) is 11.1. The average Bonchev–Trinajstić information content (AvgIpc) is 2.21. The summed E-state index contributed by atoms with van der Waals surface area (Å²) < 4.78 is 30.0. The van der Waals surface area contributed by atoms with Crippen LogP contribution in [0.25, 0.3) is 0 Å². The third kappa shape index (κ3) is 4.26. The Kier molecular flexibility index (Phi) is 5.30. The lowest BCUT2D eigenvalue weighted by atomic mass is 9.88. The number of hydrogen-bond acceptors (Lipinski definition) is 5. The summed E-state index contributed by atoms with van der Waals surface area (Å²) in [5, 5.41) is 7.54. The molecule has 1 unspecified atom stereocenters. The number of aliphatic carboxylic acids is 1. The summed E-state index contributed by atoms with van der Waals surface area (Å²) >= 11 is 0. The molecule has 18 heavy (non-hydrogen) atoms. The molecule has 0 heterocycles. The Balaban J connectivity index is 5.17. The third-order valence-corrected chi connectivity index (χ3v) is 4.08. The molecule has 2 N–H and O–H groups in total. The van der Waals surface area contributed by atoms with Gasteiger partial charge in [0.25, 0.3) is 0 Å². The van der Waals surface area contributed by atoms with Crippen LogP contribution in [0.15, 0.2) is 0 Å².